The zero-order valence-corrected chi connectivity index (χ0v) is 27.8. The van der Waals surface area contributed by atoms with Crippen LogP contribution in [-0.4, -0.2) is 9.97 Å². The van der Waals surface area contributed by atoms with Crippen molar-refractivity contribution in [2.75, 3.05) is 0 Å². The van der Waals surface area contributed by atoms with Gasteiger partial charge in [-0.2, -0.15) is 0 Å². The first-order chi connectivity index (χ1) is 24.8. The predicted molar refractivity (Wildman–Crippen MR) is 207 cm³/mol. The van der Waals surface area contributed by atoms with Crippen LogP contribution in [0.25, 0.3) is 66.2 Å². The van der Waals surface area contributed by atoms with Gasteiger partial charge in [-0.3, -0.25) is 0 Å². The number of nitrogens with zero attached hydrogens (tertiary/aromatic N) is 2. The monoisotopic (exact) mass is 652 g/mol. The molecule has 0 saturated heterocycles. The third-order valence-electron chi connectivity index (χ3n) is 10.7. The molecule has 0 bridgehead atoms. The summed E-state index contributed by atoms with van der Waals surface area (Å²) in [5.41, 5.74) is 11.3. The van der Waals surface area contributed by atoms with E-state index in [9.17, 15) is 0 Å². The fourth-order valence-corrected chi connectivity index (χ4v) is 10.0. The number of hydrogen-bond donors (Lipinski definition) is 0. The molecule has 50 heavy (non-hydrogen) atoms. The summed E-state index contributed by atoms with van der Waals surface area (Å²) in [6, 6.07) is 61.8. The second-order valence-corrected chi connectivity index (χ2v) is 14.3. The summed E-state index contributed by atoms with van der Waals surface area (Å²) in [4.78, 5) is 13.1. The van der Waals surface area contributed by atoms with Crippen LogP contribution in [0.4, 0.5) is 0 Å². The molecule has 1 spiro atoms. The van der Waals surface area contributed by atoms with Crippen molar-refractivity contribution in [1.29, 1.82) is 0 Å². The number of benzene rings is 8. The van der Waals surface area contributed by atoms with Gasteiger partial charge >= 0.3 is 0 Å². The Balaban J connectivity index is 1.22. The highest BCUT2D eigenvalue weighted by Crippen LogP contribution is 2.64. The molecule has 11 rings (SSSR count). The molecule has 2 aliphatic rings. The van der Waals surface area contributed by atoms with Gasteiger partial charge in [0.15, 0.2) is 5.82 Å². The van der Waals surface area contributed by atoms with Crippen LogP contribution < -0.4 is 0 Å². The molecule has 1 aliphatic carbocycles. The van der Waals surface area contributed by atoms with Crippen LogP contribution >= 0.6 is 11.8 Å². The third kappa shape index (κ3) is 3.76. The molecule has 0 atom stereocenters. The number of hydrogen-bond acceptors (Lipinski definition) is 3. The van der Waals surface area contributed by atoms with Crippen LogP contribution in [0.2, 0.25) is 0 Å². The van der Waals surface area contributed by atoms with Gasteiger partial charge in [-0.15, -0.1) is 0 Å². The Hall–Kier alpha value is -6.03. The van der Waals surface area contributed by atoms with E-state index in [2.05, 4.69) is 164 Å². The predicted octanol–water partition coefficient (Wildman–Crippen LogP) is 12.1. The standard InChI is InChI=1S/C47H28N2S/c1-2-14-31(15-3-1)43-36-19-9-11-21-42(36)48-46(49-43)32-24-25-39-37(28-32)35-18-8-10-20-38(35)47(39)40-26-22-29-12-4-6-16-33(29)44(40)50-45-34-17-7-5-13-30(34)23-27-41(45)47/h1-28H. The number of aromatic nitrogens is 2. The van der Waals surface area contributed by atoms with Crippen LogP contribution in [0.3, 0.4) is 0 Å². The van der Waals surface area contributed by atoms with Crippen LogP contribution in [0.15, 0.2) is 180 Å². The summed E-state index contributed by atoms with van der Waals surface area (Å²) in [6.07, 6.45) is 0. The normalized spacial score (nSPS) is 13.7. The number of para-hydroxylation sites is 1. The van der Waals surface area contributed by atoms with E-state index < -0.39 is 5.41 Å². The first kappa shape index (κ1) is 27.9. The summed E-state index contributed by atoms with van der Waals surface area (Å²) < 4.78 is 0. The van der Waals surface area contributed by atoms with Crippen molar-refractivity contribution in [3.63, 3.8) is 0 Å². The summed E-state index contributed by atoms with van der Waals surface area (Å²) in [5, 5.41) is 6.19. The van der Waals surface area contributed by atoms with Crippen molar-refractivity contribution in [2.24, 2.45) is 0 Å². The Kier molecular flexibility index (Phi) is 5.84. The van der Waals surface area contributed by atoms with E-state index in [0.29, 0.717) is 0 Å². The van der Waals surface area contributed by atoms with Gasteiger partial charge in [-0.05, 0) is 67.1 Å². The van der Waals surface area contributed by atoms with E-state index in [1.165, 1.54) is 64.7 Å². The molecular formula is C47H28N2S. The van der Waals surface area contributed by atoms with Crippen molar-refractivity contribution in [3.8, 4) is 33.8 Å². The summed E-state index contributed by atoms with van der Waals surface area (Å²) in [6.45, 7) is 0. The molecule has 0 unspecified atom stereocenters. The third-order valence-corrected chi connectivity index (χ3v) is 12.0. The lowest BCUT2D eigenvalue weighted by Crippen LogP contribution is -2.32. The van der Waals surface area contributed by atoms with E-state index in [1.807, 2.05) is 17.8 Å². The molecule has 9 aromatic rings. The minimum absolute atomic E-state index is 0.478. The molecule has 2 heterocycles. The molecule has 232 valence electrons. The lowest BCUT2D eigenvalue weighted by atomic mass is 9.66. The molecule has 1 aromatic heterocycles. The SMILES string of the molecule is c1ccc(-c2nc(-c3ccc4c(c3)-c3ccccc3C43c4ccc5ccccc5c4Sc4c3ccc3ccccc43)nc3ccccc23)cc1. The Labute approximate surface area is 294 Å². The summed E-state index contributed by atoms with van der Waals surface area (Å²) >= 11 is 1.93. The topological polar surface area (TPSA) is 25.8 Å². The smallest absolute Gasteiger partial charge is 0.160 e. The largest absolute Gasteiger partial charge is 0.228 e. The zero-order valence-electron chi connectivity index (χ0n) is 27.0. The molecule has 3 heteroatoms. The lowest BCUT2D eigenvalue weighted by molar-refractivity contribution is 0.729. The minimum Gasteiger partial charge on any atom is -0.228 e. The van der Waals surface area contributed by atoms with Crippen LogP contribution in [0, 0.1) is 0 Å². The second-order valence-electron chi connectivity index (χ2n) is 13.3. The van der Waals surface area contributed by atoms with Gasteiger partial charge in [0, 0.05) is 26.3 Å². The Morgan fingerprint density at radius 1 is 0.400 bits per heavy atom. The minimum atomic E-state index is -0.478. The highest BCUT2D eigenvalue weighted by atomic mass is 32.2. The molecule has 1 aliphatic heterocycles. The number of fused-ring (bicyclic) bond motifs is 14. The average molecular weight is 653 g/mol. The number of rotatable bonds is 2. The van der Waals surface area contributed by atoms with Crippen LogP contribution in [-0.2, 0) is 5.41 Å². The first-order valence-electron chi connectivity index (χ1n) is 17.1. The van der Waals surface area contributed by atoms with Gasteiger partial charge in [0.05, 0.1) is 16.6 Å². The van der Waals surface area contributed by atoms with E-state index in [-0.39, 0.29) is 0 Å². The maximum absolute atomic E-state index is 5.25. The molecule has 0 radical (unpaired) electrons. The molecular weight excluding hydrogens is 625 g/mol. The highest BCUT2D eigenvalue weighted by molar-refractivity contribution is 8.00. The molecule has 0 fully saturated rings. The van der Waals surface area contributed by atoms with Gasteiger partial charge in [0.2, 0.25) is 0 Å². The van der Waals surface area contributed by atoms with E-state index in [0.717, 1.165) is 33.5 Å². The van der Waals surface area contributed by atoms with Gasteiger partial charge < -0.3 is 0 Å². The van der Waals surface area contributed by atoms with Crippen molar-refractivity contribution in [1.82, 2.24) is 9.97 Å². The van der Waals surface area contributed by atoms with Crippen LogP contribution in [0.5, 0.6) is 0 Å². The first-order valence-corrected chi connectivity index (χ1v) is 17.9. The highest BCUT2D eigenvalue weighted by Gasteiger charge is 2.51. The van der Waals surface area contributed by atoms with E-state index >= 15 is 0 Å². The molecule has 0 amide bonds. The molecule has 0 saturated carbocycles. The maximum atomic E-state index is 5.25. The molecule has 8 aromatic carbocycles. The van der Waals surface area contributed by atoms with Crippen molar-refractivity contribution in [3.05, 3.63) is 192 Å². The maximum Gasteiger partial charge on any atom is 0.160 e. The Bertz CT molecular complexity index is 2770. The Morgan fingerprint density at radius 2 is 0.980 bits per heavy atom. The average Bonchev–Trinajstić information content (AvgIpc) is 3.47. The lowest BCUT2D eigenvalue weighted by Gasteiger charge is -2.40. The summed E-state index contributed by atoms with van der Waals surface area (Å²) in [7, 11) is 0. The zero-order chi connectivity index (χ0) is 32.8. The quantitative estimate of drug-likeness (QED) is 0.186. The van der Waals surface area contributed by atoms with Gasteiger partial charge in [-0.25, -0.2) is 9.97 Å². The fraction of sp³-hybridized carbons (Fsp3) is 0.0213. The van der Waals surface area contributed by atoms with Crippen molar-refractivity contribution < 1.29 is 0 Å². The van der Waals surface area contributed by atoms with Crippen molar-refractivity contribution in [2.45, 2.75) is 15.2 Å². The van der Waals surface area contributed by atoms with E-state index in [4.69, 9.17) is 9.97 Å². The van der Waals surface area contributed by atoms with E-state index in [1.54, 1.807) is 0 Å². The molecule has 2 nitrogen and oxygen atoms in total. The second kappa shape index (κ2) is 10.5. The Morgan fingerprint density at radius 3 is 1.72 bits per heavy atom. The van der Waals surface area contributed by atoms with Gasteiger partial charge in [0.25, 0.3) is 0 Å². The van der Waals surface area contributed by atoms with Gasteiger partial charge in [-0.1, -0.05) is 169 Å². The van der Waals surface area contributed by atoms with Crippen LogP contribution in [0.1, 0.15) is 22.3 Å². The fourth-order valence-electron chi connectivity index (χ4n) is 8.57. The molecule has 0 N–H and O–H groups in total. The summed E-state index contributed by atoms with van der Waals surface area (Å²) in [5.74, 6) is 0.737. The van der Waals surface area contributed by atoms with Gasteiger partial charge in [0.1, 0.15) is 0 Å². The van der Waals surface area contributed by atoms with Crippen molar-refractivity contribution >= 4 is 44.2 Å².